The second-order valence-electron chi connectivity index (χ2n) is 7.88. The number of nitrogens with one attached hydrogen (secondary N) is 2. The number of carbonyl (C=O) groups is 1. The Balaban J connectivity index is 1.55. The van der Waals surface area contributed by atoms with Gasteiger partial charge >= 0.3 is 5.97 Å². The Hall–Kier alpha value is -2.60. The number of hydrogen-bond acceptors (Lipinski definition) is 4. The molecule has 0 spiro atoms. The van der Waals surface area contributed by atoms with Gasteiger partial charge in [-0.05, 0) is 80.7 Å². The molecule has 5 nitrogen and oxygen atoms in total. The standard InChI is InChI=1S/C24H31N3O2S/c1-4-29-23(28)20-6-5-7-21(16-20)26-24(30)25-18(3)19-8-10-22(11-9-19)27-14-12-17(2)13-15-27/h5-11,16-18H,4,12-15H2,1-3H3,(H2,25,26,30)/t18-/m0/s1. The van der Waals surface area contributed by atoms with Gasteiger partial charge in [0.2, 0.25) is 0 Å². The van der Waals surface area contributed by atoms with Crippen molar-refractivity contribution in [1.29, 1.82) is 0 Å². The highest BCUT2D eigenvalue weighted by Crippen LogP contribution is 2.24. The Morgan fingerprint density at radius 1 is 1.20 bits per heavy atom. The number of thiocarbonyl (C=S) groups is 1. The van der Waals surface area contributed by atoms with E-state index in [2.05, 4.69) is 53.6 Å². The summed E-state index contributed by atoms with van der Waals surface area (Å²) in [5.41, 5.74) is 3.71. The molecule has 1 heterocycles. The first-order chi connectivity index (χ1) is 14.5. The third kappa shape index (κ3) is 5.95. The highest BCUT2D eigenvalue weighted by atomic mass is 32.1. The molecule has 0 radical (unpaired) electrons. The number of anilines is 2. The number of piperidine rings is 1. The number of hydrogen-bond donors (Lipinski definition) is 2. The van der Waals surface area contributed by atoms with E-state index in [0.29, 0.717) is 17.3 Å². The Labute approximate surface area is 184 Å². The van der Waals surface area contributed by atoms with Gasteiger partial charge < -0.3 is 20.3 Å². The molecule has 30 heavy (non-hydrogen) atoms. The number of benzene rings is 2. The van der Waals surface area contributed by atoms with Crippen molar-refractivity contribution in [2.45, 2.75) is 39.7 Å². The lowest BCUT2D eigenvalue weighted by Crippen LogP contribution is -2.33. The van der Waals surface area contributed by atoms with Crippen LogP contribution in [0.25, 0.3) is 0 Å². The molecular formula is C24H31N3O2S. The molecule has 0 bridgehead atoms. The molecule has 2 aromatic rings. The number of esters is 1. The maximum atomic E-state index is 11.9. The van der Waals surface area contributed by atoms with Crippen molar-refractivity contribution in [2.75, 3.05) is 29.9 Å². The van der Waals surface area contributed by atoms with E-state index in [0.717, 1.165) is 24.7 Å². The summed E-state index contributed by atoms with van der Waals surface area (Å²) in [7, 11) is 0. The van der Waals surface area contributed by atoms with Gasteiger partial charge in [-0.15, -0.1) is 0 Å². The van der Waals surface area contributed by atoms with E-state index in [-0.39, 0.29) is 12.0 Å². The second-order valence-corrected chi connectivity index (χ2v) is 8.29. The Bertz CT molecular complexity index is 861. The molecule has 2 N–H and O–H groups in total. The van der Waals surface area contributed by atoms with Crippen molar-refractivity contribution < 1.29 is 9.53 Å². The minimum Gasteiger partial charge on any atom is -0.462 e. The van der Waals surface area contributed by atoms with Crippen LogP contribution in [0.15, 0.2) is 48.5 Å². The molecule has 160 valence electrons. The zero-order valence-electron chi connectivity index (χ0n) is 18.0. The van der Waals surface area contributed by atoms with Crippen LogP contribution in [0.5, 0.6) is 0 Å². The smallest absolute Gasteiger partial charge is 0.338 e. The monoisotopic (exact) mass is 425 g/mol. The fraction of sp³-hybridized carbons (Fsp3) is 0.417. The van der Waals surface area contributed by atoms with E-state index in [1.165, 1.54) is 24.1 Å². The Morgan fingerprint density at radius 3 is 2.57 bits per heavy atom. The highest BCUT2D eigenvalue weighted by Gasteiger charge is 2.16. The minimum absolute atomic E-state index is 0.0636. The molecule has 0 aliphatic carbocycles. The number of carbonyl (C=O) groups excluding carboxylic acids is 1. The fourth-order valence-corrected chi connectivity index (χ4v) is 3.92. The van der Waals surface area contributed by atoms with E-state index >= 15 is 0 Å². The van der Waals surface area contributed by atoms with Gasteiger partial charge in [-0.3, -0.25) is 0 Å². The van der Waals surface area contributed by atoms with Crippen molar-refractivity contribution in [3.8, 4) is 0 Å². The summed E-state index contributed by atoms with van der Waals surface area (Å²) in [5, 5.41) is 6.98. The van der Waals surface area contributed by atoms with Crippen LogP contribution in [-0.4, -0.2) is 30.8 Å². The number of ether oxygens (including phenoxy) is 1. The molecular weight excluding hydrogens is 394 g/mol. The van der Waals surface area contributed by atoms with Gasteiger partial charge in [0, 0.05) is 24.5 Å². The molecule has 0 saturated carbocycles. The second kappa shape index (κ2) is 10.4. The fourth-order valence-electron chi connectivity index (χ4n) is 3.63. The molecule has 3 rings (SSSR count). The summed E-state index contributed by atoms with van der Waals surface area (Å²) in [5.74, 6) is 0.493. The molecule has 1 aliphatic heterocycles. The summed E-state index contributed by atoms with van der Waals surface area (Å²) in [6, 6.07) is 15.9. The van der Waals surface area contributed by atoms with E-state index in [9.17, 15) is 4.79 Å². The summed E-state index contributed by atoms with van der Waals surface area (Å²) in [4.78, 5) is 14.4. The van der Waals surface area contributed by atoms with E-state index in [1.54, 1.807) is 25.1 Å². The first-order valence-electron chi connectivity index (χ1n) is 10.7. The lowest BCUT2D eigenvalue weighted by molar-refractivity contribution is 0.0526. The van der Waals surface area contributed by atoms with Crippen molar-refractivity contribution in [1.82, 2.24) is 5.32 Å². The summed E-state index contributed by atoms with van der Waals surface area (Å²) in [6.07, 6.45) is 2.52. The topological polar surface area (TPSA) is 53.6 Å². The van der Waals surface area contributed by atoms with Crippen molar-refractivity contribution in [3.63, 3.8) is 0 Å². The van der Waals surface area contributed by atoms with Crippen LogP contribution in [0.3, 0.4) is 0 Å². The predicted octanol–water partition coefficient (Wildman–Crippen LogP) is 5.15. The molecule has 2 aromatic carbocycles. The van der Waals surface area contributed by atoms with Crippen LogP contribution < -0.4 is 15.5 Å². The zero-order valence-corrected chi connectivity index (χ0v) is 18.8. The zero-order chi connectivity index (χ0) is 21.5. The SMILES string of the molecule is CCOC(=O)c1cccc(NC(=S)N[C@@H](C)c2ccc(N3CCC(C)CC3)cc2)c1. The molecule has 1 saturated heterocycles. The number of rotatable bonds is 6. The molecule has 1 atom stereocenters. The van der Waals surface area contributed by atoms with E-state index in [1.807, 2.05) is 6.07 Å². The maximum Gasteiger partial charge on any atom is 0.338 e. The molecule has 1 aliphatic rings. The van der Waals surface area contributed by atoms with Gasteiger partial charge in [-0.2, -0.15) is 0 Å². The quantitative estimate of drug-likeness (QED) is 0.493. The van der Waals surface area contributed by atoms with Gasteiger partial charge in [0.25, 0.3) is 0 Å². The van der Waals surface area contributed by atoms with Crippen LogP contribution in [-0.2, 0) is 4.74 Å². The summed E-state index contributed by atoms with van der Waals surface area (Å²) >= 11 is 5.47. The molecule has 0 amide bonds. The lowest BCUT2D eigenvalue weighted by Gasteiger charge is -2.32. The van der Waals surface area contributed by atoms with E-state index in [4.69, 9.17) is 17.0 Å². The largest absolute Gasteiger partial charge is 0.462 e. The molecule has 6 heteroatoms. The third-order valence-corrected chi connectivity index (χ3v) is 5.74. The third-order valence-electron chi connectivity index (χ3n) is 5.52. The minimum atomic E-state index is -0.336. The summed E-state index contributed by atoms with van der Waals surface area (Å²) in [6.45, 7) is 8.82. The molecule has 0 aromatic heterocycles. The summed E-state index contributed by atoms with van der Waals surface area (Å²) < 4.78 is 5.05. The predicted molar refractivity (Wildman–Crippen MR) is 127 cm³/mol. The molecule has 1 fully saturated rings. The van der Waals surface area contributed by atoms with Crippen LogP contribution in [0.2, 0.25) is 0 Å². The van der Waals surface area contributed by atoms with Crippen molar-refractivity contribution >= 4 is 34.7 Å². The van der Waals surface area contributed by atoms with Crippen LogP contribution in [0.4, 0.5) is 11.4 Å². The normalized spacial score (nSPS) is 15.4. The maximum absolute atomic E-state index is 11.9. The first kappa shape index (κ1) is 22.1. The van der Waals surface area contributed by atoms with Crippen LogP contribution in [0, 0.1) is 5.92 Å². The van der Waals surface area contributed by atoms with E-state index < -0.39 is 0 Å². The van der Waals surface area contributed by atoms with Crippen LogP contribution in [0.1, 0.15) is 55.6 Å². The average molecular weight is 426 g/mol. The average Bonchev–Trinajstić information content (AvgIpc) is 2.74. The molecule has 0 unspecified atom stereocenters. The van der Waals surface area contributed by atoms with Gasteiger partial charge in [-0.25, -0.2) is 4.79 Å². The van der Waals surface area contributed by atoms with Crippen molar-refractivity contribution in [3.05, 3.63) is 59.7 Å². The Morgan fingerprint density at radius 2 is 1.90 bits per heavy atom. The van der Waals surface area contributed by atoms with Crippen molar-refractivity contribution in [2.24, 2.45) is 5.92 Å². The van der Waals surface area contributed by atoms with Gasteiger partial charge in [0.15, 0.2) is 5.11 Å². The van der Waals surface area contributed by atoms with Gasteiger partial charge in [0.1, 0.15) is 0 Å². The lowest BCUT2D eigenvalue weighted by atomic mass is 9.98. The van der Waals surface area contributed by atoms with Gasteiger partial charge in [0.05, 0.1) is 18.2 Å². The number of nitrogens with zero attached hydrogens (tertiary/aromatic N) is 1. The van der Waals surface area contributed by atoms with Gasteiger partial charge in [-0.1, -0.05) is 25.1 Å². The Kier molecular flexibility index (Phi) is 7.69. The first-order valence-corrected chi connectivity index (χ1v) is 11.1. The highest BCUT2D eigenvalue weighted by molar-refractivity contribution is 7.80. The van der Waals surface area contributed by atoms with Crippen LogP contribution >= 0.6 is 12.2 Å².